The largest absolute Gasteiger partial charge is 0.339 e. The van der Waals surface area contributed by atoms with Gasteiger partial charge in [-0.05, 0) is 25.3 Å². The molecular formula is C20H25N3O5. The van der Waals surface area contributed by atoms with Gasteiger partial charge >= 0.3 is 0 Å². The summed E-state index contributed by atoms with van der Waals surface area (Å²) in [7, 11) is 1.62. The van der Waals surface area contributed by atoms with E-state index in [4.69, 9.17) is 0 Å². The Bertz CT molecular complexity index is 785. The molecule has 1 saturated heterocycles. The number of likely N-dealkylation sites (tertiary alicyclic amines) is 1. The number of carbonyl (C=O) groups is 3. The van der Waals surface area contributed by atoms with E-state index in [1.54, 1.807) is 26.1 Å². The minimum absolute atomic E-state index is 0.0268. The highest BCUT2D eigenvalue weighted by molar-refractivity contribution is 6.05. The first-order chi connectivity index (χ1) is 13.3. The summed E-state index contributed by atoms with van der Waals surface area (Å²) in [4.78, 5) is 50.8. The topological polar surface area (TPSA) is 101 Å². The van der Waals surface area contributed by atoms with Gasteiger partial charge in [-0.15, -0.1) is 0 Å². The molecule has 1 saturated carbocycles. The van der Waals surface area contributed by atoms with Gasteiger partial charge in [-0.3, -0.25) is 29.4 Å². The molecule has 0 unspecified atom stereocenters. The zero-order chi connectivity index (χ0) is 20.4. The van der Waals surface area contributed by atoms with E-state index >= 15 is 0 Å². The molecule has 1 aromatic rings. The lowest BCUT2D eigenvalue weighted by molar-refractivity contribution is -0.384. The number of hydrogen-bond donors (Lipinski definition) is 0. The number of hydrogen-bond acceptors (Lipinski definition) is 5. The molecular weight excluding hydrogens is 362 g/mol. The number of benzene rings is 1. The Morgan fingerprint density at radius 3 is 2.43 bits per heavy atom. The molecule has 3 amide bonds. The minimum atomic E-state index is -0.470. The Morgan fingerprint density at radius 1 is 1.25 bits per heavy atom. The first-order valence-corrected chi connectivity index (χ1v) is 9.66. The minimum Gasteiger partial charge on any atom is -0.339 e. The molecule has 2 aliphatic rings. The Balaban J connectivity index is 1.61. The lowest BCUT2D eigenvalue weighted by Gasteiger charge is -2.26. The van der Waals surface area contributed by atoms with Crippen molar-refractivity contribution in [2.45, 2.75) is 45.1 Å². The summed E-state index contributed by atoms with van der Waals surface area (Å²) >= 11 is 0. The molecule has 150 valence electrons. The first kappa shape index (κ1) is 20.0. The van der Waals surface area contributed by atoms with Crippen molar-refractivity contribution in [3.63, 3.8) is 0 Å². The molecule has 8 nitrogen and oxygen atoms in total. The van der Waals surface area contributed by atoms with E-state index in [9.17, 15) is 24.5 Å². The summed E-state index contributed by atoms with van der Waals surface area (Å²) in [6, 6.07) is 5.82. The maximum Gasteiger partial charge on any atom is 0.269 e. The Hall–Kier alpha value is -2.77. The SMILES string of the molecule is C[C@@H](c1cccc([N+](=O)[O-])c1)N(C)C(=O)CCN1C(=O)[C@H]2CCCC[C@H]2C1=O. The van der Waals surface area contributed by atoms with Crippen molar-refractivity contribution >= 4 is 23.4 Å². The van der Waals surface area contributed by atoms with E-state index < -0.39 is 4.92 Å². The highest BCUT2D eigenvalue weighted by atomic mass is 16.6. The summed E-state index contributed by atoms with van der Waals surface area (Å²) in [5, 5.41) is 11.0. The number of imide groups is 1. The monoisotopic (exact) mass is 387 g/mol. The number of nitrogens with zero attached hydrogens (tertiary/aromatic N) is 3. The zero-order valence-electron chi connectivity index (χ0n) is 16.2. The second-order valence-electron chi connectivity index (χ2n) is 7.61. The molecule has 0 N–H and O–H groups in total. The molecule has 2 fully saturated rings. The zero-order valence-corrected chi connectivity index (χ0v) is 16.2. The van der Waals surface area contributed by atoms with Gasteiger partial charge in [-0.1, -0.05) is 25.0 Å². The number of fused-ring (bicyclic) bond motifs is 1. The third-order valence-corrected chi connectivity index (χ3v) is 6.02. The molecule has 0 aromatic heterocycles. The van der Waals surface area contributed by atoms with Crippen molar-refractivity contribution in [1.29, 1.82) is 0 Å². The third kappa shape index (κ3) is 3.76. The fourth-order valence-electron chi connectivity index (χ4n) is 4.17. The normalized spacial score (nSPS) is 22.7. The number of non-ortho nitro benzene ring substituents is 1. The second kappa shape index (κ2) is 8.08. The molecule has 0 radical (unpaired) electrons. The lowest BCUT2D eigenvalue weighted by atomic mass is 9.81. The summed E-state index contributed by atoms with van der Waals surface area (Å²) in [6.07, 6.45) is 3.49. The quantitative estimate of drug-likeness (QED) is 0.424. The molecule has 1 aromatic carbocycles. The van der Waals surface area contributed by atoms with Gasteiger partial charge in [0.25, 0.3) is 5.69 Å². The van der Waals surface area contributed by atoms with E-state index in [-0.39, 0.29) is 54.3 Å². The maximum atomic E-state index is 12.6. The number of amides is 3. The van der Waals surface area contributed by atoms with E-state index in [0.717, 1.165) is 25.7 Å². The molecule has 1 aliphatic heterocycles. The molecule has 1 aliphatic carbocycles. The Morgan fingerprint density at radius 2 is 1.86 bits per heavy atom. The molecule has 0 bridgehead atoms. The predicted molar refractivity (Wildman–Crippen MR) is 101 cm³/mol. The molecule has 1 heterocycles. The van der Waals surface area contributed by atoms with Crippen LogP contribution in [-0.4, -0.2) is 46.0 Å². The van der Waals surface area contributed by atoms with Gasteiger partial charge in [0, 0.05) is 32.1 Å². The average Bonchev–Trinajstić information content (AvgIpc) is 2.95. The number of nitro benzene ring substituents is 1. The van der Waals surface area contributed by atoms with Crippen molar-refractivity contribution in [3.8, 4) is 0 Å². The van der Waals surface area contributed by atoms with Crippen LogP contribution in [0.4, 0.5) is 5.69 Å². The Kier molecular flexibility index (Phi) is 5.76. The van der Waals surface area contributed by atoms with Crippen LogP contribution in [0.1, 0.15) is 50.6 Å². The fourth-order valence-corrected chi connectivity index (χ4v) is 4.17. The van der Waals surface area contributed by atoms with E-state index in [2.05, 4.69) is 0 Å². The van der Waals surface area contributed by atoms with Gasteiger partial charge in [0.1, 0.15) is 0 Å². The molecule has 8 heteroatoms. The van der Waals surface area contributed by atoms with Crippen LogP contribution < -0.4 is 0 Å². The lowest BCUT2D eigenvalue weighted by Crippen LogP contribution is -2.36. The van der Waals surface area contributed by atoms with Crippen LogP contribution in [0.3, 0.4) is 0 Å². The number of rotatable bonds is 6. The van der Waals surface area contributed by atoms with Gasteiger partial charge < -0.3 is 4.90 Å². The van der Waals surface area contributed by atoms with Crippen LogP contribution in [0.5, 0.6) is 0 Å². The standard InChI is InChI=1S/C20H25N3O5/c1-13(14-6-5-7-15(12-14)23(27)28)21(2)18(24)10-11-22-19(25)16-8-3-4-9-17(16)20(22)26/h5-7,12-13,16-17H,3-4,8-11H2,1-2H3/t13-,16-,17+/m0/s1. The number of nitro groups is 1. The molecule has 28 heavy (non-hydrogen) atoms. The fraction of sp³-hybridized carbons (Fsp3) is 0.550. The van der Waals surface area contributed by atoms with Crippen LogP contribution in [0.25, 0.3) is 0 Å². The van der Waals surface area contributed by atoms with Gasteiger partial charge in [0.05, 0.1) is 22.8 Å². The van der Waals surface area contributed by atoms with Crippen LogP contribution in [0.15, 0.2) is 24.3 Å². The van der Waals surface area contributed by atoms with Crippen molar-refractivity contribution < 1.29 is 19.3 Å². The van der Waals surface area contributed by atoms with Crippen molar-refractivity contribution in [1.82, 2.24) is 9.80 Å². The van der Waals surface area contributed by atoms with Gasteiger partial charge in [0.15, 0.2) is 0 Å². The average molecular weight is 387 g/mol. The molecule has 3 atom stereocenters. The van der Waals surface area contributed by atoms with Crippen LogP contribution in [-0.2, 0) is 14.4 Å². The highest BCUT2D eigenvalue weighted by Crippen LogP contribution is 2.38. The highest BCUT2D eigenvalue weighted by Gasteiger charge is 2.47. The smallest absolute Gasteiger partial charge is 0.269 e. The van der Waals surface area contributed by atoms with Crippen LogP contribution in [0, 0.1) is 22.0 Å². The maximum absolute atomic E-state index is 12.6. The Labute approximate surface area is 163 Å². The second-order valence-corrected chi connectivity index (χ2v) is 7.61. The predicted octanol–water partition coefficient (Wildman–Crippen LogP) is 2.68. The third-order valence-electron chi connectivity index (χ3n) is 6.02. The van der Waals surface area contributed by atoms with Gasteiger partial charge in [0.2, 0.25) is 17.7 Å². The first-order valence-electron chi connectivity index (χ1n) is 9.66. The van der Waals surface area contributed by atoms with Crippen molar-refractivity contribution in [2.75, 3.05) is 13.6 Å². The van der Waals surface area contributed by atoms with Crippen molar-refractivity contribution in [2.24, 2.45) is 11.8 Å². The van der Waals surface area contributed by atoms with Crippen LogP contribution >= 0.6 is 0 Å². The van der Waals surface area contributed by atoms with Gasteiger partial charge in [-0.25, -0.2) is 0 Å². The summed E-state index contributed by atoms with van der Waals surface area (Å²) < 4.78 is 0. The van der Waals surface area contributed by atoms with Crippen molar-refractivity contribution in [3.05, 3.63) is 39.9 Å². The van der Waals surface area contributed by atoms with E-state index in [0.29, 0.717) is 5.56 Å². The molecule has 3 rings (SSSR count). The molecule has 0 spiro atoms. The summed E-state index contributed by atoms with van der Waals surface area (Å²) in [5.41, 5.74) is 0.630. The van der Waals surface area contributed by atoms with E-state index in [1.807, 2.05) is 0 Å². The van der Waals surface area contributed by atoms with Crippen LogP contribution in [0.2, 0.25) is 0 Å². The summed E-state index contributed by atoms with van der Waals surface area (Å²) in [5.74, 6) is -0.918. The summed E-state index contributed by atoms with van der Waals surface area (Å²) in [6.45, 7) is 1.88. The van der Waals surface area contributed by atoms with E-state index in [1.165, 1.54) is 21.9 Å². The van der Waals surface area contributed by atoms with Gasteiger partial charge in [-0.2, -0.15) is 0 Å². The number of carbonyl (C=O) groups excluding carboxylic acids is 3.